The standard InChI is InChI=1S/C14H18N4O2S/c1-16-21(19,20)12-4-5-13(15)14(9-12)18-8-6-11-3-2-7-17-10-11/h2-5,7,9-10,16,18H,6,8,15H2,1H3. The van der Waals surface area contributed by atoms with Gasteiger partial charge in [-0.1, -0.05) is 6.07 Å². The Morgan fingerprint density at radius 3 is 2.76 bits per heavy atom. The summed E-state index contributed by atoms with van der Waals surface area (Å²) in [5.74, 6) is 0. The molecule has 0 aliphatic heterocycles. The first-order valence-electron chi connectivity index (χ1n) is 6.49. The fourth-order valence-electron chi connectivity index (χ4n) is 1.86. The molecule has 0 atom stereocenters. The van der Waals surface area contributed by atoms with E-state index in [0.29, 0.717) is 17.9 Å². The highest BCUT2D eigenvalue weighted by Crippen LogP contribution is 2.22. The molecule has 6 nitrogen and oxygen atoms in total. The smallest absolute Gasteiger partial charge is 0.240 e. The summed E-state index contributed by atoms with van der Waals surface area (Å²) in [6.45, 7) is 0.638. The van der Waals surface area contributed by atoms with E-state index in [1.165, 1.54) is 19.2 Å². The molecule has 4 N–H and O–H groups in total. The number of aromatic nitrogens is 1. The Hall–Kier alpha value is -2.12. The number of anilines is 2. The Labute approximate surface area is 124 Å². The summed E-state index contributed by atoms with van der Waals surface area (Å²) in [6.07, 6.45) is 4.30. The molecule has 0 aliphatic carbocycles. The molecule has 0 unspecified atom stereocenters. The highest BCUT2D eigenvalue weighted by Gasteiger charge is 2.12. The molecule has 1 aromatic heterocycles. The number of hydrogen-bond donors (Lipinski definition) is 3. The molecule has 0 aliphatic rings. The van der Waals surface area contributed by atoms with Crippen LogP contribution in [-0.2, 0) is 16.4 Å². The third-order valence-electron chi connectivity index (χ3n) is 3.06. The van der Waals surface area contributed by atoms with Gasteiger partial charge in [-0.2, -0.15) is 0 Å². The van der Waals surface area contributed by atoms with E-state index in [0.717, 1.165) is 12.0 Å². The van der Waals surface area contributed by atoms with Crippen LogP contribution < -0.4 is 15.8 Å². The lowest BCUT2D eigenvalue weighted by molar-refractivity contribution is 0.588. The van der Waals surface area contributed by atoms with Gasteiger partial charge in [0, 0.05) is 18.9 Å². The molecule has 7 heteroatoms. The zero-order valence-electron chi connectivity index (χ0n) is 11.7. The SMILES string of the molecule is CNS(=O)(=O)c1ccc(N)c(NCCc2cccnc2)c1. The second-order valence-electron chi connectivity index (χ2n) is 4.49. The molecular formula is C14H18N4O2S. The molecule has 0 bridgehead atoms. The number of nitrogens with one attached hydrogen (secondary N) is 2. The van der Waals surface area contributed by atoms with Crippen LogP contribution in [0.5, 0.6) is 0 Å². The predicted molar refractivity (Wildman–Crippen MR) is 83.5 cm³/mol. The minimum atomic E-state index is -3.47. The van der Waals surface area contributed by atoms with Crippen molar-refractivity contribution in [3.05, 3.63) is 48.3 Å². The van der Waals surface area contributed by atoms with Crippen LogP contribution in [0.2, 0.25) is 0 Å². The van der Waals surface area contributed by atoms with E-state index >= 15 is 0 Å². The molecule has 21 heavy (non-hydrogen) atoms. The first kappa shape index (κ1) is 15.3. The summed E-state index contributed by atoms with van der Waals surface area (Å²) >= 11 is 0. The van der Waals surface area contributed by atoms with Gasteiger partial charge in [-0.25, -0.2) is 13.1 Å². The topological polar surface area (TPSA) is 97.1 Å². The van der Waals surface area contributed by atoms with Gasteiger partial charge in [0.05, 0.1) is 16.3 Å². The lowest BCUT2D eigenvalue weighted by atomic mass is 10.2. The number of rotatable bonds is 6. The molecule has 2 rings (SSSR count). The van der Waals surface area contributed by atoms with Crippen LogP contribution in [0.4, 0.5) is 11.4 Å². The quantitative estimate of drug-likeness (QED) is 0.697. The fourth-order valence-corrected chi connectivity index (χ4v) is 2.62. The largest absolute Gasteiger partial charge is 0.397 e. The van der Waals surface area contributed by atoms with Gasteiger partial charge < -0.3 is 11.1 Å². The van der Waals surface area contributed by atoms with Gasteiger partial charge >= 0.3 is 0 Å². The maximum Gasteiger partial charge on any atom is 0.240 e. The van der Waals surface area contributed by atoms with E-state index in [4.69, 9.17) is 5.73 Å². The second kappa shape index (κ2) is 6.55. The Morgan fingerprint density at radius 2 is 2.10 bits per heavy atom. The summed E-state index contributed by atoms with van der Waals surface area (Å²) in [4.78, 5) is 4.23. The van der Waals surface area contributed by atoms with E-state index in [1.807, 2.05) is 12.1 Å². The van der Waals surface area contributed by atoms with Gasteiger partial charge in [-0.05, 0) is 43.3 Å². The predicted octanol–water partition coefficient (Wildman–Crippen LogP) is 1.23. The lowest BCUT2D eigenvalue weighted by Crippen LogP contribution is -2.19. The number of nitrogens with zero attached hydrogens (tertiary/aromatic N) is 1. The lowest BCUT2D eigenvalue weighted by Gasteiger charge is -2.11. The van der Waals surface area contributed by atoms with Crippen molar-refractivity contribution in [3.63, 3.8) is 0 Å². The zero-order chi connectivity index (χ0) is 15.3. The van der Waals surface area contributed by atoms with Crippen LogP contribution in [0.25, 0.3) is 0 Å². The maximum atomic E-state index is 11.8. The summed E-state index contributed by atoms with van der Waals surface area (Å²) in [5, 5.41) is 3.15. The van der Waals surface area contributed by atoms with Gasteiger partial charge in [0.15, 0.2) is 0 Å². The van der Waals surface area contributed by atoms with Crippen LogP contribution in [0.15, 0.2) is 47.6 Å². The van der Waals surface area contributed by atoms with Gasteiger partial charge in [-0.3, -0.25) is 4.98 Å². The average Bonchev–Trinajstić information content (AvgIpc) is 2.50. The summed E-state index contributed by atoms with van der Waals surface area (Å²) in [7, 11) is -2.09. The van der Waals surface area contributed by atoms with Crippen LogP contribution in [-0.4, -0.2) is 27.0 Å². The minimum absolute atomic E-state index is 0.183. The molecular weight excluding hydrogens is 288 g/mol. The van der Waals surface area contributed by atoms with Gasteiger partial charge in [0.2, 0.25) is 10.0 Å². The monoisotopic (exact) mass is 306 g/mol. The number of hydrogen-bond acceptors (Lipinski definition) is 5. The van der Waals surface area contributed by atoms with E-state index in [2.05, 4.69) is 15.0 Å². The Balaban J connectivity index is 2.08. The van der Waals surface area contributed by atoms with Gasteiger partial charge in [-0.15, -0.1) is 0 Å². The molecule has 1 heterocycles. The van der Waals surface area contributed by atoms with Crippen molar-refractivity contribution in [2.45, 2.75) is 11.3 Å². The Bertz CT molecular complexity index is 702. The number of benzene rings is 1. The molecule has 0 fully saturated rings. The van der Waals surface area contributed by atoms with Crippen LogP contribution in [0.1, 0.15) is 5.56 Å². The van der Waals surface area contributed by atoms with Gasteiger partial charge in [0.25, 0.3) is 0 Å². The van der Waals surface area contributed by atoms with Crippen molar-refractivity contribution < 1.29 is 8.42 Å². The van der Waals surface area contributed by atoms with Gasteiger partial charge in [0.1, 0.15) is 0 Å². The van der Waals surface area contributed by atoms with E-state index in [-0.39, 0.29) is 4.90 Å². The molecule has 112 valence electrons. The van der Waals surface area contributed by atoms with Crippen molar-refractivity contribution in [3.8, 4) is 0 Å². The molecule has 0 radical (unpaired) electrons. The summed E-state index contributed by atoms with van der Waals surface area (Å²) < 4.78 is 25.8. The molecule has 1 aromatic carbocycles. The second-order valence-corrected chi connectivity index (χ2v) is 6.38. The number of nitrogens with two attached hydrogens (primary N) is 1. The molecule has 0 saturated carbocycles. The van der Waals surface area contributed by atoms with Crippen LogP contribution >= 0.6 is 0 Å². The fraction of sp³-hybridized carbons (Fsp3) is 0.214. The van der Waals surface area contributed by atoms with Crippen molar-refractivity contribution in [2.75, 3.05) is 24.6 Å². The third-order valence-corrected chi connectivity index (χ3v) is 4.47. The molecule has 2 aromatic rings. The van der Waals surface area contributed by atoms with E-state index < -0.39 is 10.0 Å². The van der Waals surface area contributed by atoms with Crippen molar-refractivity contribution in [2.24, 2.45) is 0 Å². The Morgan fingerprint density at radius 1 is 1.29 bits per heavy atom. The number of pyridine rings is 1. The first-order valence-corrected chi connectivity index (χ1v) is 7.97. The average molecular weight is 306 g/mol. The molecule has 0 amide bonds. The summed E-state index contributed by atoms with van der Waals surface area (Å²) in [5.41, 5.74) is 8.08. The van der Waals surface area contributed by atoms with E-state index in [9.17, 15) is 8.42 Å². The number of sulfonamides is 1. The number of nitrogen functional groups attached to an aromatic ring is 1. The molecule has 0 saturated heterocycles. The van der Waals surface area contributed by atoms with Crippen molar-refractivity contribution in [1.29, 1.82) is 0 Å². The Kier molecular flexibility index (Phi) is 4.77. The normalized spacial score (nSPS) is 11.3. The van der Waals surface area contributed by atoms with Crippen molar-refractivity contribution >= 4 is 21.4 Å². The maximum absolute atomic E-state index is 11.8. The van der Waals surface area contributed by atoms with E-state index in [1.54, 1.807) is 18.5 Å². The van der Waals surface area contributed by atoms with Crippen LogP contribution in [0.3, 0.4) is 0 Å². The molecule has 0 spiro atoms. The van der Waals surface area contributed by atoms with Crippen molar-refractivity contribution in [1.82, 2.24) is 9.71 Å². The highest BCUT2D eigenvalue weighted by molar-refractivity contribution is 7.89. The summed E-state index contributed by atoms with van der Waals surface area (Å²) in [6, 6.07) is 8.46. The third kappa shape index (κ3) is 3.93. The zero-order valence-corrected chi connectivity index (χ0v) is 12.5. The van der Waals surface area contributed by atoms with Crippen LogP contribution in [0, 0.1) is 0 Å². The first-order chi connectivity index (χ1) is 10.0. The highest BCUT2D eigenvalue weighted by atomic mass is 32.2. The minimum Gasteiger partial charge on any atom is -0.397 e.